The van der Waals surface area contributed by atoms with Gasteiger partial charge >= 0.3 is 0 Å². The van der Waals surface area contributed by atoms with Crippen LogP contribution in [0.5, 0.6) is 0 Å². The first-order valence-corrected chi connectivity index (χ1v) is 5.24. The lowest BCUT2D eigenvalue weighted by atomic mass is 10.0. The third-order valence-electron chi connectivity index (χ3n) is 1.82. The van der Waals surface area contributed by atoms with E-state index in [0.717, 1.165) is 10.7 Å². The molecule has 0 fully saturated rings. The number of rotatable bonds is 2. The van der Waals surface area contributed by atoms with E-state index in [4.69, 9.17) is 0 Å². The largest absolute Gasteiger partial charge is 0.241 e. The monoisotopic (exact) mass is 182 g/mol. The zero-order valence-electron chi connectivity index (χ0n) is 7.96. The Morgan fingerprint density at radius 1 is 1.33 bits per heavy atom. The molecule has 1 aromatic heterocycles. The summed E-state index contributed by atoms with van der Waals surface area (Å²) in [6.45, 7) is 6.38. The molecule has 0 aliphatic carbocycles. The number of aromatic nitrogens is 2. The Hall–Kier alpha value is -0.570. The second kappa shape index (κ2) is 3.90. The topological polar surface area (TPSA) is 25.8 Å². The van der Waals surface area contributed by atoms with E-state index < -0.39 is 0 Å². The first-order valence-electron chi connectivity index (χ1n) is 4.02. The molecule has 0 N–H and O–H groups in total. The van der Waals surface area contributed by atoms with Gasteiger partial charge in [-0.1, -0.05) is 13.8 Å². The lowest BCUT2D eigenvalue weighted by Crippen LogP contribution is -1.99. The van der Waals surface area contributed by atoms with E-state index in [-0.39, 0.29) is 0 Å². The fourth-order valence-electron chi connectivity index (χ4n) is 1.29. The minimum Gasteiger partial charge on any atom is -0.241 e. The van der Waals surface area contributed by atoms with E-state index in [0.29, 0.717) is 5.92 Å². The number of hydrogen-bond donors (Lipinski definition) is 0. The van der Waals surface area contributed by atoms with Gasteiger partial charge in [0.15, 0.2) is 0 Å². The van der Waals surface area contributed by atoms with Crippen molar-refractivity contribution in [1.82, 2.24) is 9.97 Å². The summed E-state index contributed by atoms with van der Waals surface area (Å²) >= 11 is 1.69. The Balaban J connectivity index is 3.20. The van der Waals surface area contributed by atoms with Crippen molar-refractivity contribution >= 4 is 11.8 Å². The average molecular weight is 182 g/mol. The Morgan fingerprint density at radius 3 is 2.42 bits per heavy atom. The molecule has 0 aliphatic rings. The second-order valence-electron chi connectivity index (χ2n) is 3.04. The lowest BCUT2D eigenvalue weighted by Gasteiger charge is -2.11. The molecule has 12 heavy (non-hydrogen) atoms. The zero-order chi connectivity index (χ0) is 9.14. The van der Waals surface area contributed by atoms with E-state index in [1.807, 2.05) is 13.2 Å². The Kier molecular flexibility index (Phi) is 3.09. The maximum absolute atomic E-state index is 4.23. The van der Waals surface area contributed by atoms with Crippen LogP contribution in [0, 0.1) is 6.92 Å². The average Bonchev–Trinajstić information content (AvgIpc) is 2.03. The molecule has 3 heteroatoms. The highest BCUT2D eigenvalue weighted by Crippen LogP contribution is 2.26. The molecule has 0 radical (unpaired) electrons. The van der Waals surface area contributed by atoms with Gasteiger partial charge in [-0.2, -0.15) is 0 Å². The summed E-state index contributed by atoms with van der Waals surface area (Å²) in [5.41, 5.74) is 2.38. The molecule has 0 spiro atoms. The molecule has 0 unspecified atom stereocenters. The van der Waals surface area contributed by atoms with Crippen molar-refractivity contribution in [3.05, 3.63) is 17.6 Å². The van der Waals surface area contributed by atoms with Crippen molar-refractivity contribution < 1.29 is 0 Å². The van der Waals surface area contributed by atoms with Crippen LogP contribution >= 0.6 is 11.8 Å². The van der Waals surface area contributed by atoms with E-state index in [9.17, 15) is 0 Å². The smallest absolute Gasteiger partial charge is 0.116 e. The van der Waals surface area contributed by atoms with Crippen molar-refractivity contribution in [1.29, 1.82) is 0 Å². The van der Waals surface area contributed by atoms with E-state index >= 15 is 0 Å². The molecule has 2 nitrogen and oxygen atoms in total. The van der Waals surface area contributed by atoms with Crippen molar-refractivity contribution in [3.8, 4) is 0 Å². The number of nitrogens with zero attached hydrogens (tertiary/aromatic N) is 2. The van der Waals surface area contributed by atoms with Gasteiger partial charge < -0.3 is 0 Å². The SMILES string of the molecule is CSc1ncnc(C)c1C(C)C. The molecule has 66 valence electrons. The number of thioether (sulfide) groups is 1. The molecule has 0 atom stereocenters. The van der Waals surface area contributed by atoms with Gasteiger partial charge in [0, 0.05) is 11.3 Å². The molecule has 0 bridgehead atoms. The summed E-state index contributed by atoms with van der Waals surface area (Å²) in [5.74, 6) is 0.508. The maximum atomic E-state index is 4.23. The Morgan fingerprint density at radius 2 is 2.00 bits per heavy atom. The third kappa shape index (κ3) is 1.78. The van der Waals surface area contributed by atoms with Crippen LogP contribution in [0.3, 0.4) is 0 Å². The molecule has 0 saturated heterocycles. The first-order chi connectivity index (χ1) is 5.66. The minimum absolute atomic E-state index is 0.508. The third-order valence-corrected chi connectivity index (χ3v) is 2.53. The molecule has 1 rings (SSSR count). The fourth-order valence-corrected chi connectivity index (χ4v) is 2.05. The predicted octanol–water partition coefficient (Wildman–Crippen LogP) is 2.63. The summed E-state index contributed by atoms with van der Waals surface area (Å²) in [6.07, 6.45) is 3.68. The number of aryl methyl sites for hydroxylation is 1. The summed E-state index contributed by atoms with van der Waals surface area (Å²) in [7, 11) is 0. The second-order valence-corrected chi connectivity index (χ2v) is 3.83. The van der Waals surface area contributed by atoms with Gasteiger partial charge in [-0.25, -0.2) is 9.97 Å². The minimum atomic E-state index is 0.508. The van der Waals surface area contributed by atoms with Crippen molar-refractivity contribution in [2.75, 3.05) is 6.26 Å². The first kappa shape index (κ1) is 9.52. The van der Waals surface area contributed by atoms with Gasteiger partial charge in [0.1, 0.15) is 11.4 Å². The van der Waals surface area contributed by atoms with Crippen LogP contribution in [0.2, 0.25) is 0 Å². The van der Waals surface area contributed by atoms with Gasteiger partial charge in [0.2, 0.25) is 0 Å². The molecule has 1 aromatic rings. The van der Waals surface area contributed by atoms with Gasteiger partial charge in [-0.3, -0.25) is 0 Å². The Labute approximate surface area is 77.8 Å². The summed E-state index contributed by atoms with van der Waals surface area (Å²) in [6, 6.07) is 0. The van der Waals surface area contributed by atoms with Crippen LogP contribution < -0.4 is 0 Å². The van der Waals surface area contributed by atoms with Crippen LogP contribution in [0.1, 0.15) is 31.0 Å². The van der Waals surface area contributed by atoms with Gasteiger partial charge in [-0.05, 0) is 19.1 Å². The van der Waals surface area contributed by atoms with Crippen molar-refractivity contribution in [2.45, 2.75) is 31.7 Å². The van der Waals surface area contributed by atoms with Gasteiger partial charge in [0.05, 0.1) is 0 Å². The normalized spacial score (nSPS) is 10.8. The van der Waals surface area contributed by atoms with Gasteiger partial charge in [-0.15, -0.1) is 11.8 Å². The van der Waals surface area contributed by atoms with E-state index in [1.54, 1.807) is 18.1 Å². The molecular formula is C9H14N2S. The Bertz CT molecular complexity index is 271. The molecular weight excluding hydrogens is 168 g/mol. The summed E-state index contributed by atoms with van der Waals surface area (Å²) < 4.78 is 0. The lowest BCUT2D eigenvalue weighted by molar-refractivity contribution is 0.785. The molecule has 0 aliphatic heterocycles. The van der Waals surface area contributed by atoms with Crippen molar-refractivity contribution in [3.63, 3.8) is 0 Å². The molecule has 0 aromatic carbocycles. The van der Waals surface area contributed by atoms with E-state index in [2.05, 4.69) is 23.8 Å². The maximum Gasteiger partial charge on any atom is 0.116 e. The molecule has 0 amide bonds. The van der Waals surface area contributed by atoms with Crippen LogP contribution in [-0.2, 0) is 0 Å². The van der Waals surface area contributed by atoms with Crippen LogP contribution in [-0.4, -0.2) is 16.2 Å². The fraction of sp³-hybridized carbons (Fsp3) is 0.556. The quantitative estimate of drug-likeness (QED) is 0.519. The van der Waals surface area contributed by atoms with Crippen molar-refractivity contribution in [2.24, 2.45) is 0 Å². The summed E-state index contributed by atoms with van der Waals surface area (Å²) in [5, 5.41) is 1.11. The molecule has 1 heterocycles. The highest BCUT2D eigenvalue weighted by molar-refractivity contribution is 7.98. The predicted molar refractivity (Wildman–Crippen MR) is 52.6 cm³/mol. The van der Waals surface area contributed by atoms with Crippen LogP contribution in [0.4, 0.5) is 0 Å². The number of hydrogen-bond acceptors (Lipinski definition) is 3. The molecule has 0 saturated carbocycles. The van der Waals surface area contributed by atoms with Crippen LogP contribution in [0.15, 0.2) is 11.4 Å². The standard InChI is InChI=1S/C9H14N2S/c1-6(2)8-7(3)10-5-11-9(8)12-4/h5-6H,1-4H3. The van der Waals surface area contributed by atoms with E-state index in [1.165, 1.54) is 5.56 Å². The highest BCUT2D eigenvalue weighted by Gasteiger charge is 2.10. The zero-order valence-corrected chi connectivity index (χ0v) is 8.77. The van der Waals surface area contributed by atoms with Gasteiger partial charge in [0.25, 0.3) is 0 Å². The summed E-state index contributed by atoms with van der Waals surface area (Å²) in [4.78, 5) is 8.42. The highest BCUT2D eigenvalue weighted by atomic mass is 32.2. The van der Waals surface area contributed by atoms with Crippen LogP contribution in [0.25, 0.3) is 0 Å².